The SMILES string of the molecule is CCCCCCCCCCCCCC=C1NC(=O)NC1=O. The summed E-state index contributed by atoms with van der Waals surface area (Å²) in [6, 6.07) is -0.412. The maximum atomic E-state index is 11.3. The average Bonchev–Trinajstić information content (AvgIpc) is 2.78. The van der Waals surface area contributed by atoms with Crippen LogP contribution in [0.1, 0.15) is 84.0 Å². The molecule has 0 aromatic carbocycles. The van der Waals surface area contributed by atoms with Gasteiger partial charge in [0.05, 0.1) is 0 Å². The molecule has 1 fully saturated rings. The third-order valence-corrected chi connectivity index (χ3v) is 3.88. The average molecular weight is 294 g/mol. The molecular weight excluding hydrogens is 264 g/mol. The van der Waals surface area contributed by atoms with E-state index in [-0.39, 0.29) is 5.91 Å². The number of carbonyl (C=O) groups excluding carboxylic acids is 2. The minimum absolute atomic E-state index is 0.303. The molecule has 4 nitrogen and oxygen atoms in total. The summed E-state index contributed by atoms with van der Waals surface area (Å²) in [5.74, 6) is -0.303. The molecule has 21 heavy (non-hydrogen) atoms. The van der Waals surface area contributed by atoms with Gasteiger partial charge in [-0.25, -0.2) is 4.79 Å². The molecule has 1 saturated heterocycles. The summed E-state index contributed by atoms with van der Waals surface area (Å²) in [6.07, 6.45) is 17.2. The Kier molecular flexibility index (Phi) is 9.58. The van der Waals surface area contributed by atoms with E-state index in [2.05, 4.69) is 17.6 Å². The first-order valence-corrected chi connectivity index (χ1v) is 8.56. The third kappa shape index (κ3) is 8.53. The summed E-state index contributed by atoms with van der Waals surface area (Å²) >= 11 is 0. The number of urea groups is 1. The number of hydrogen-bond acceptors (Lipinski definition) is 2. The smallest absolute Gasteiger partial charge is 0.303 e. The number of hydrogen-bond donors (Lipinski definition) is 2. The van der Waals surface area contributed by atoms with Gasteiger partial charge in [0, 0.05) is 0 Å². The van der Waals surface area contributed by atoms with Crippen LogP contribution in [0.15, 0.2) is 11.8 Å². The van der Waals surface area contributed by atoms with Gasteiger partial charge < -0.3 is 5.32 Å². The van der Waals surface area contributed by atoms with Crippen molar-refractivity contribution in [2.24, 2.45) is 0 Å². The number of amides is 3. The molecule has 0 atom stereocenters. The van der Waals surface area contributed by atoms with Gasteiger partial charge in [0.25, 0.3) is 5.91 Å². The van der Waals surface area contributed by atoms with Crippen molar-refractivity contribution in [1.29, 1.82) is 0 Å². The van der Waals surface area contributed by atoms with Crippen LogP contribution in [0.25, 0.3) is 0 Å². The van der Waals surface area contributed by atoms with Gasteiger partial charge in [-0.2, -0.15) is 0 Å². The molecule has 1 aliphatic heterocycles. The second kappa shape index (κ2) is 11.4. The van der Waals surface area contributed by atoms with E-state index in [1.165, 1.54) is 64.2 Å². The van der Waals surface area contributed by atoms with Gasteiger partial charge in [0.2, 0.25) is 0 Å². The van der Waals surface area contributed by atoms with Gasteiger partial charge in [0.1, 0.15) is 5.70 Å². The van der Waals surface area contributed by atoms with E-state index < -0.39 is 6.03 Å². The van der Waals surface area contributed by atoms with Gasteiger partial charge in [-0.1, -0.05) is 77.2 Å². The highest BCUT2D eigenvalue weighted by Crippen LogP contribution is 2.12. The highest BCUT2D eigenvalue weighted by Gasteiger charge is 2.21. The summed E-state index contributed by atoms with van der Waals surface area (Å²) in [4.78, 5) is 22.2. The van der Waals surface area contributed by atoms with Crippen molar-refractivity contribution in [2.45, 2.75) is 84.0 Å². The monoisotopic (exact) mass is 294 g/mol. The quantitative estimate of drug-likeness (QED) is 0.318. The number of allylic oxidation sites excluding steroid dienone is 1. The van der Waals surface area contributed by atoms with E-state index in [0.717, 1.165) is 12.8 Å². The van der Waals surface area contributed by atoms with Crippen LogP contribution in [0.2, 0.25) is 0 Å². The van der Waals surface area contributed by atoms with Crippen molar-refractivity contribution in [3.8, 4) is 0 Å². The van der Waals surface area contributed by atoms with E-state index in [1.54, 1.807) is 0 Å². The van der Waals surface area contributed by atoms with E-state index in [9.17, 15) is 9.59 Å². The van der Waals surface area contributed by atoms with E-state index >= 15 is 0 Å². The molecule has 0 radical (unpaired) electrons. The van der Waals surface area contributed by atoms with Crippen molar-refractivity contribution in [3.63, 3.8) is 0 Å². The first-order chi connectivity index (χ1) is 10.2. The van der Waals surface area contributed by atoms with Gasteiger partial charge in [-0.05, 0) is 12.8 Å². The fourth-order valence-electron chi connectivity index (χ4n) is 2.58. The molecule has 0 unspecified atom stereocenters. The number of rotatable bonds is 12. The van der Waals surface area contributed by atoms with Crippen molar-refractivity contribution >= 4 is 11.9 Å². The second-order valence-corrected chi connectivity index (χ2v) is 5.85. The van der Waals surface area contributed by atoms with Crippen molar-refractivity contribution in [3.05, 3.63) is 11.8 Å². The Bertz CT molecular complexity index is 351. The molecule has 1 aliphatic rings. The number of unbranched alkanes of at least 4 members (excludes halogenated alkanes) is 11. The predicted molar refractivity (Wildman–Crippen MR) is 85.8 cm³/mol. The fourth-order valence-corrected chi connectivity index (χ4v) is 2.58. The van der Waals surface area contributed by atoms with Crippen LogP contribution in [-0.4, -0.2) is 11.9 Å². The molecule has 0 aliphatic carbocycles. The molecule has 0 bridgehead atoms. The summed E-state index contributed by atoms with van der Waals surface area (Å²) < 4.78 is 0. The first-order valence-electron chi connectivity index (χ1n) is 8.56. The molecule has 120 valence electrons. The molecule has 2 N–H and O–H groups in total. The minimum Gasteiger partial charge on any atom is -0.303 e. The highest BCUT2D eigenvalue weighted by molar-refractivity contribution is 6.11. The lowest BCUT2D eigenvalue weighted by molar-refractivity contribution is -0.115. The van der Waals surface area contributed by atoms with Crippen molar-refractivity contribution in [2.75, 3.05) is 0 Å². The normalized spacial score (nSPS) is 16.3. The summed E-state index contributed by atoms with van der Waals surface area (Å²) in [6.45, 7) is 2.25. The molecule has 3 amide bonds. The van der Waals surface area contributed by atoms with Crippen LogP contribution in [0.3, 0.4) is 0 Å². The van der Waals surface area contributed by atoms with Gasteiger partial charge in [-0.15, -0.1) is 0 Å². The van der Waals surface area contributed by atoms with Crippen LogP contribution >= 0.6 is 0 Å². The van der Waals surface area contributed by atoms with Crippen LogP contribution in [0.4, 0.5) is 4.79 Å². The molecule has 4 heteroatoms. The molecule has 0 spiro atoms. The molecular formula is C17H30N2O2. The molecule has 1 rings (SSSR count). The summed E-state index contributed by atoms with van der Waals surface area (Å²) in [5.41, 5.74) is 0.409. The lowest BCUT2D eigenvalue weighted by atomic mass is 10.1. The maximum absolute atomic E-state index is 11.3. The number of imide groups is 1. The second-order valence-electron chi connectivity index (χ2n) is 5.85. The Balaban J connectivity index is 1.86. The Hall–Kier alpha value is -1.32. The zero-order valence-corrected chi connectivity index (χ0v) is 13.4. The van der Waals surface area contributed by atoms with Crippen LogP contribution in [-0.2, 0) is 4.79 Å². The predicted octanol–water partition coefficient (Wildman–Crippen LogP) is 4.41. The fraction of sp³-hybridized carbons (Fsp3) is 0.765. The Morgan fingerprint density at radius 3 is 1.76 bits per heavy atom. The third-order valence-electron chi connectivity index (χ3n) is 3.88. The van der Waals surface area contributed by atoms with Crippen LogP contribution in [0.5, 0.6) is 0 Å². The van der Waals surface area contributed by atoms with E-state index in [4.69, 9.17) is 0 Å². The van der Waals surface area contributed by atoms with Crippen LogP contribution in [0, 0.1) is 0 Å². The maximum Gasteiger partial charge on any atom is 0.326 e. The van der Waals surface area contributed by atoms with E-state index in [1.807, 2.05) is 6.08 Å². The lowest BCUT2D eigenvalue weighted by Gasteiger charge is -2.02. The van der Waals surface area contributed by atoms with Gasteiger partial charge >= 0.3 is 6.03 Å². The lowest BCUT2D eigenvalue weighted by Crippen LogP contribution is -2.22. The van der Waals surface area contributed by atoms with Crippen molar-refractivity contribution < 1.29 is 9.59 Å². The van der Waals surface area contributed by atoms with Gasteiger partial charge in [0.15, 0.2) is 0 Å². The summed E-state index contributed by atoms with van der Waals surface area (Å²) in [5, 5.41) is 4.71. The Morgan fingerprint density at radius 1 is 0.762 bits per heavy atom. The molecule has 1 heterocycles. The number of carbonyl (C=O) groups is 2. The van der Waals surface area contributed by atoms with Gasteiger partial charge in [-0.3, -0.25) is 10.1 Å². The molecule has 0 aromatic heterocycles. The number of nitrogens with one attached hydrogen (secondary N) is 2. The minimum atomic E-state index is -0.412. The summed E-state index contributed by atoms with van der Waals surface area (Å²) in [7, 11) is 0. The largest absolute Gasteiger partial charge is 0.326 e. The Labute approximate surface area is 128 Å². The van der Waals surface area contributed by atoms with Crippen molar-refractivity contribution in [1.82, 2.24) is 10.6 Å². The first kappa shape index (κ1) is 17.7. The molecule has 0 aromatic rings. The van der Waals surface area contributed by atoms with E-state index in [0.29, 0.717) is 5.70 Å². The standard InChI is InChI=1S/C17H30N2O2/c1-2-3-4-5-6-7-8-9-10-11-12-13-14-15-16(20)19-17(21)18-15/h14H,2-13H2,1H3,(H2,18,19,20,21). The zero-order valence-electron chi connectivity index (χ0n) is 13.4. The Morgan fingerprint density at radius 2 is 1.29 bits per heavy atom. The zero-order chi connectivity index (χ0) is 15.3. The topological polar surface area (TPSA) is 58.2 Å². The highest BCUT2D eigenvalue weighted by atomic mass is 16.2. The molecule has 0 saturated carbocycles. The van der Waals surface area contributed by atoms with Crippen LogP contribution < -0.4 is 10.6 Å².